The van der Waals surface area contributed by atoms with Gasteiger partial charge in [-0.1, -0.05) is 30.3 Å². The predicted molar refractivity (Wildman–Crippen MR) is 72.3 cm³/mol. The third-order valence-electron chi connectivity index (χ3n) is 3.03. The highest BCUT2D eigenvalue weighted by Crippen LogP contribution is 2.28. The maximum absolute atomic E-state index is 5.40. The topological polar surface area (TPSA) is 30.5 Å². The highest BCUT2D eigenvalue weighted by molar-refractivity contribution is 5.14. The fourth-order valence-corrected chi connectivity index (χ4v) is 1.74. The van der Waals surface area contributed by atoms with Crippen molar-refractivity contribution in [2.75, 3.05) is 26.6 Å². The van der Waals surface area contributed by atoms with Crippen LogP contribution in [0.2, 0.25) is 0 Å². The smallest absolute Gasteiger partial charge is 0.146 e. The number of hydrogen-bond donors (Lipinski definition) is 1. The molecule has 1 saturated carbocycles. The molecule has 0 bridgehead atoms. The SMILES string of the molecule is c1ccc(CNCCCOCOCC2CC2)cc1. The summed E-state index contributed by atoms with van der Waals surface area (Å²) in [6.07, 6.45) is 3.70. The number of nitrogens with one attached hydrogen (secondary N) is 1. The lowest BCUT2D eigenvalue weighted by atomic mass is 10.2. The lowest BCUT2D eigenvalue weighted by Crippen LogP contribution is -2.16. The summed E-state index contributed by atoms with van der Waals surface area (Å²) in [6.45, 7) is 4.02. The molecule has 1 fully saturated rings. The molecule has 3 heteroatoms. The number of rotatable bonds is 10. The second-order valence-corrected chi connectivity index (χ2v) is 4.86. The van der Waals surface area contributed by atoms with Crippen molar-refractivity contribution in [2.24, 2.45) is 5.92 Å². The molecule has 0 atom stereocenters. The van der Waals surface area contributed by atoms with Gasteiger partial charge in [-0.25, -0.2) is 0 Å². The van der Waals surface area contributed by atoms with Crippen molar-refractivity contribution in [1.82, 2.24) is 5.32 Å². The minimum Gasteiger partial charge on any atom is -0.355 e. The quantitative estimate of drug-likeness (QED) is 0.510. The molecule has 1 aliphatic carbocycles. The van der Waals surface area contributed by atoms with Gasteiger partial charge in [0.1, 0.15) is 6.79 Å². The molecular formula is C15H23NO2. The summed E-state index contributed by atoms with van der Waals surface area (Å²) < 4.78 is 10.8. The molecule has 0 unspecified atom stereocenters. The van der Waals surface area contributed by atoms with Crippen LogP contribution in [0.1, 0.15) is 24.8 Å². The third-order valence-corrected chi connectivity index (χ3v) is 3.03. The fraction of sp³-hybridized carbons (Fsp3) is 0.600. The average Bonchev–Trinajstić information content (AvgIpc) is 3.22. The molecule has 0 radical (unpaired) electrons. The second kappa shape index (κ2) is 8.25. The zero-order chi connectivity index (χ0) is 12.5. The monoisotopic (exact) mass is 249 g/mol. The van der Waals surface area contributed by atoms with E-state index in [9.17, 15) is 0 Å². The van der Waals surface area contributed by atoms with Crippen molar-refractivity contribution >= 4 is 0 Å². The molecule has 18 heavy (non-hydrogen) atoms. The Morgan fingerprint density at radius 3 is 2.72 bits per heavy atom. The molecule has 1 aromatic carbocycles. The van der Waals surface area contributed by atoms with Crippen LogP contribution in [0.25, 0.3) is 0 Å². The van der Waals surface area contributed by atoms with Gasteiger partial charge in [0.2, 0.25) is 0 Å². The summed E-state index contributed by atoms with van der Waals surface area (Å²) in [6, 6.07) is 10.4. The van der Waals surface area contributed by atoms with E-state index in [-0.39, 0.29) is 0 Å². The second-order valence-electron chi connectivity index (χ2n) is 4.86. The van der Waals surface area contributed by atoms with Gasteiger partial charge in [-0.3, -0.25) is 0 Å². The van der Waals surface area contributed by atoms with Gasteiger partial charge in [0.05, 0.1) is 13.2 Å². The van der Waals surface area contributed by atoms with E-state index < -0.39 is 0 Å². The Morgan fingerprint density at radius 2 is 1.94 bits per heavy atom. The lowest BCUT2D eigenvalue weighted by Gasteiger charge is -2.06. The van der Waals surface area contributed by atoms with E-state index in [0.717, 1.165) is 38.6 Å². The van der Waals surface area contributed by atoms with E-state index in [0.29, 0.717) is 6.79 Å². The van der Waals surface area contributed by atoms with Crippen LogP contribution in [-0.4, -0.2) is 26.6 Å². The van der Waals surface area contributed by atoms with Gasteiger partial charge in [-0.15, -0.1) is 0 Å². The minimum atomic E-state index is 0.454. The maximum atomic E-state index is 5.40. The first-order chi connectivity index (χ1) is 8.95. The van der Waals surface area contributed by atoms with Crippen molar-refractivity contribution in [3.05, 3.63) is 35.9 Å². The minimum absolute atomic E-state index is 0.454. The zero-order valence-corrected chi connectivity index (χ0v) is 10.9. The third kappa shape index (κ3) is 6.15. The Labute approximate surface area is 109 Å². The van der Waals surface area contributed by atoms with E-state index >= 15 is 0 Å². The number of ether oxygens (including phenoxy) is 2. The summed E-state index contributed by atoms with van der Waals surface area (Å²) in [5, 5.41) is 3.40. The van der Waals surface area contributed by atoms with Crippen molar-refractivity contribution in [3.8, 4) is 0 Å². The first-order valence-electron chi connectivity index (χ1n) is 6.85. The molecule has 0 aromatic heterocycles. The molecular weight excluding hydrogens is 226 g/mol. The molecule has 0 spiro atoms. The Bertz CT molecular complexity index is 312. The van der Waals surface area contributed by atoms with E-state index in [1.54, 1.807) is 0 Å². The van der Waals surface area contributed by atoms with Crippen LogP contribution in [0, 0.1) is 5.92 Å². The highest BCUT2D eigenvalue weighted by atomic mass is 16.7. The number of benzene rings is 1. The van der Waals surface area contributed by atoms with E-state index in [4.69, 9.17) is 9.47 Å². The van der Waals surface area contributed by atoms with E-state index in [2.05, 4.69) is 29.6 Å². The fourth-order valence-electron chi connectivity index (χ4n) is 1.74. The van der Waals surface area contributed by atoms with Crippen LogP contribution in [-0.2, 0) is 16.0 Å². The van der Waals surface area contributed by atoms with Gasteiger partial charge < -0.3 is 14.8 Å². The normalized spacial score (nSPS) is 14.9. The summed E-state index contributed by atoms with van der Waals surface area (Å²) >= 11 is 0. The van der Waals surface area contributed by atoms with Crippen molar-refractivity contribution in [2.45, 2.75) is 25.8 Å². The predicted octanol–water partition coefficient (Wildman–Crippen LogP) is 2.57. The summed E-state index contributed by atoms with van der Waals surface area (Å²) in [4.78, 5) is 0. The Morgan fingerprint density at radius 1 is 1.11 bits per heavy atom. The van der Waals surface area contributed by atoms with Crippen molar-refractivity contribution in [3.63, 3.8) is 0 Å². The van der Waals surface area contributed by atoms with Crippen LogP contribution in [0.5, 0.6) is 0 Å². The molecule has 2 rings (SSSR count). The standard InChI is InChI=1S/C15H23NO2/c1-2-5-14(6-3-1)11-16-9-4-10-17-13-18-12-15-7-8-15/h1-3,5-6,15-16H,4,7-13H2. The first-order valence-corrected chi connectivity index (χ1v) is 6.85. The number of hydrogen-bond acceptors (Lipinski definition) is 3. The Hall–Kier alpha value is -0.900. The molecule has 0 saturated heterocycles. The van der Waals surface area contributed by atoms with Crippen molar-refractivity contribution in [1.29, 1.82) is 0 Å². The molecule has 1 N–H and O–H groups in total. The summed E-state index contributed by atoms with van der Waals surface area (Å²) in [7, 11) is 0. The van der Waals surface area contributed by atoms with E-state index in [1.807, 2.05) is 6.07 Å². The van der Waals surface area contributed by atoms with Gasteiger partial charge in [-0.2, -0.15) is 0 Å². The van der Waals surface area contributed by atoms with Crippen molar-refractivity contribution < 1.29 is 9.47 Å². The van der Waals surface area contributed by atoms with Gasteiger partial charge in [0.25, 0.3) is 0 Å². The Balaban J connectivity index is 1.35. The molecule has 3 nitrogen and oxygen atoms in total. The van der Waals surface area contributed by atoms with Crippen LogP contribution in [0.4, 0.5) is 0 Å². The maximum Gasteiger partial charge on any atom is 0.146 e. The summed E-state index contributed by atoms with van der Waals surface area (Å²) in [5.74, 6) is 0.820. The first kappa shape index (κ1) is 13.5. The molecule has 0 amide bonds. The van der Waals surface area contributed by atoms with Crippen LogP contribution >= 0.6 is 0 Å². The molecule has 0 heterocycles. The average molecular weight is 249 g/mol. The largest absolute Gasteiger partial charge is 0.355 e. The van der Waals surface area contributed by atoms with Gasteiger partial charge >= 0.3 is 0 Å². The molecule has 100 valence electrons. The molecule has 1 aliphatic rings. The van der Waals surface area contributed by atoms with Gasteiger partial charge in [0, 0.05) is 6.54 Å². The van der Waals surface area contributed by atoms with E-state index in [1.165, 1.54) is 18.4 Å². The Kier molecular flexibility index (Phi) is 6.20. The molecule has 1 aromatic rings. The van der Waals surface area contributed by atoms with Crippen LogP contribution < -0.4 is 5.32 Å². The summed E-state index contributed by atoms with van der Waals surface area (Å²) in [5.41, 5.74) is 1.33. The van der Waals surface area contributed by atoms with Crippen LogP contribution in [0.3, 0.4) is 0 Å². The van der Waals surface area contributed by atoms with Gasteiger partial charge in [-0.05, 0) is 37.3 Å². The van der Waals surface area contributed by atoms with Crippen LogP contribution in [0.15, 0.2) is 30.3 Å². The molecule has 0 aliphatic heterocycles. The van der Waals surface area contributed by atoms with Gasteiger partial charge in [0.15, 0.2) is 0 Å². The zero-order valence-electron chi connectivity index (χ0n) is 10.9. The highest BCUT2D eigenvalue weighted by Gasteiger charge is 2.20. The lowest BCUT2D eigenvalue weighted by molar-refractivity contribution is -0.0574.